The van der Waals surface area contributed by atoms with Gasteiger partial charge in [-0.05, 0) is 67.3 Å². The van der Waals surface area contributed by atoms with Crippen molar-refractivity contribution in [2.75, 3.05) is 0 Å². The second kappa shape index (κ2) is 8.03. The summed E-state index contributed by atoms with van der Waals surface area (Å²) in [5.74, 6) is 0. The van der Waals surface area contributed by atoms with Gasteiger partial charge in [0.2, 0.25) is 0 Å². The van der Waals surface area contributed by atoms with Crippen molar-refractivity contribution in [3.05, 3.63) is 83.4 Å². The van der Waals surface area contributed by atoms with Crippen LogP contribution in [0.2, 0.25) is 0 Å². The van der Waals surface area contributed by atoms with Gasteiger partial charge >= 0.3 is 0 Å². The Labute approximate surface area is 157 Å². The normalized spacial score (nSPS) is 12.1. The predicted octanol–water partition coefficient (Wildman–Crippen LogP) is 6.18. The molecule has 1 atom stereocenters. The lowest BCUT2D eigenvalue weighted by atomic mass is 10.0. The van der Waals surface area contributed by atoms with Crippen molar-refractivity contribution in [3.8, 4) is 0 Å². The van der Waals surface area contributed by atoms with Crippen LogP contribution < -0.4 is 0 Å². The molecule has 1 unspecified atom stereocenters. The molecule has 0 spiro atoms. The number of hydrogen-bond acceptors (Lipinski definition) is 2. The summed E-state index contributed by atoms with van der Waals surface area (Å²) in [4.78, 5) is 4.00. The molecule has 3 rings (SSSR count). The smallest absolute Gasteiger partial charge is 0.0863 e. The first kappa shape index (κ1) is 18.0. The number of hydrogen-bond donors (Lipinski definition) is 0. The van der Waals surface area contributed by atoms with Crippen LogP contribution in [-0.2, 0) is 17.2 Å². The molecule has 0 radical (unpaired) electrons. The molecule has 0 aromatic heterocycles. The standard InChI is InChI=1S/C22H22OS2/c1-4-18-15-22(17(3)14-16(18)2)25(23)21-13-9-8-12-20(21)24-19-10-6-5-7-11-19/h5-15H,4H2,1-3H3. The van der Waals surface area contributed by atoms with Gasteiger partial charge < -0.3 is 0 Å². The van der Waals surface area contributed by atoms with Crippen LogP contribution in [0.5, 0.6) is 0 Å². The lowest BCUT2D eigenvalue weighted by molar-refractivity contribution is 0.681. The zero-order valence-corrected chi connectivity index (χ0v) is 16.4. The molecule has 0 aliphatic rings. The van der Waals surface area contributed by atoms with Crippen molar-refractivity contribution in [3.63, 3.8) is 0 Å². The summed E-state index contributed by atoms with van der Waals surface area (Å²) in [5, 5.41) is 0. The summed E-state index contributed by atoms with van der Waals surface area (Å²) < 4.78 is 13.4. The molecule has 3 aromatic rings. The fourth-order valence-corrected chi connectivity index (χ4v) is 5.38. The Morgan fingerprint density at radius 2 is 1.52 bits per heavy atom. The topological polar surface area (TPSA) is 17.1 Å². The van der Waals surface area contributed by atoms with Crippen LogP contribution in [0.15, 0.2) is 86.3 Å². The van der Waals surface area contributed by atoms with Crippen LogP contribution in [0, 0.1) is 13.8 Å². The summed E-state index contributed by atoms with van der Waals surface area (Å²) in [5.41, 5.74) is 3.63. The van der Waals surface area contributed by atoms with Gasteiger partial charge in [-0.2, -0.15) is 0 Å². The fraction of sp³-hybridized carbons (Fsp3) is 0.182. The monoisotopic (exact) mass is 366 g/mol. The Balaban J connectivity index is 2.01. The maximum atomic E-state index is 13.4. The van der Waals surface area contributed by atoms with E-state index < -0.39 is 10.8 Å². The molecule has 0 aliphatic carbocycles. The highest BCUT2D eigenvalue weighted by atomic mass is 32.2. The second-order valence-corrected chi connectivity index (χ2v) is 8.56. The highest BCUT2D eigenvalue weighted by Gasteiger charge is 2.16. The van der Waals surface area contributed by atoms with Crippen LogP contribution in [-0.4, -0.2) is 4.21 Å². The van der Waals surface area contributed by atoms with E-state index in [9.17, 15) is 4.21 Å². The van der Waals surface area contributed by atoms with Crippen molar-refractivity contribution in [2.24, 2.45) is 0 Å². The predicted molar refractivity (Wildman–Crippen MR) is 107 cm³/mol. The molecule has 1 nitrogen and oxygen atoms in total. The summed E-state index contributed by atoms with van der Waals surface area (Å²) in [6, 6.07) is 22.5. The quantitative estimate of drug-likeness (QED) is 0.536. The van der Waals surface area contributed by atoms with Gasteiger partial charge in [0.1, 0.15) is 0 Å². The molecule has 0 saturated carbocycles. The maximum Gasteiger partial charge on any atom is 0.0863 e. The van der Waals surface area contributed by atoms with Crippen LogP contribution in [0.3, 0.4) is 0 Å². The first-order valence-electron chi connectivity index (χ1n) is 8.44. The SMILES string of the molecule is CCc1cc(S(=O)c2ccccc2Sc2ccccc2)c(C)cc1C. The van der Waals surface area contributed by atoms with Gasteiger partial charge in [-0.1, -0.05) is 55.1 Å². The van der Waals surface area contributed by atoms with Crippen LogP contribution in [0.4, 0.5) is 0 Å². The largest absolute Gasteiger partial charge is 0.249 e. The Morgan fingerprint density at radius 1 is 0.840 bits per heavy atom. The minimum absolute atomic E-state index is 0.880. The first-order chi connectivity index (χ1) is 12.1. The lowest BCUT2D eigenvalue weighted by Crippen LogP contribution is -2.00. The van der Waals surface area contributed by atoms with E-state index in [0.29, 0.717) is 0 Å². The average Bonchev–Trinajstić information content (AvgIpc) is 2.63. The van der Waals surface area contributed by atoms with E-state index in [4.69, 9.17) is 0 Å². The van der Waals surface area contributed by atoms with Crippen LogP contribution in [0.1, 0.15) is 23.6 Å². The van der Waals surface area contributed by atoms with Gasteiger partial charge in [0, 0.05) is 14.7 Å². The van der Waals surface area contributed by atoms with E-state index in [-0.39, 0.29) is 0 Å². The average molecular weight is 367 g/mol. The van der Waals surface area contributed by atoms with Gasteiger partial charge in [-0.15, -0.1) is 0 Å². The Bertz CT molecular complexity index is 901. The molecule has 0 fully saturated rings. The number of aryl methyl sites for hydroxylation is 3. The molecule has 0 aliphatic heterocycles. The van der Waals surface area contributed by atoms with E-state index in [1.54, 1.807) is 11.8 Å². The molecule has 0 saturated heterocycles. The van der Waals surface area contributed by atoms with Crippen molar-refractivity contribution in [1.29, 1.82) is 0 Å². The third-order valence-corrected chi connectivity index (χ3v) is 7.04. The Morgan fingerprint density at radius 3 is 2.24 bits per heavy atom. The van der Waals surface area contributed by atoms with Crippen molar-refractivity contribution >= 4 is 22.6 Å². The van der Waals surface area contributed by atoms with E-state index in [2.05, 4.69) is 44.2 Å². The maximum absolute atomic E-state index is 13.4. The molecule has 128 valence electrons. The van der Waals surface area contributed by atoms with Crippen LogP contribution >= 0.6 is 11.8 Å². The van der Waals surface area contributed by atoms with Crippen molar-refractivity contribution < 1.29 is 4.21 Å². The first-order valence-corrected chi connectivity index (χ1v) is 10.4. The molecule has 0 N–H and O–H groups in total. The van der Waals surface area contributed by atoms with E-state index in [0.717, 1.165) is 31.6 Å². The van der Waals surface area contributed by atoms with Gasteiger partial charge in [0.15, 0.2) is 0 Å². The molecule has 0 amide bonds. The minimum Gasteiger partial charge on any atom is -0.249 e. The summed E-state index contributed by atoms with van der Waals surface area (Å²) in [7, 11) is -1.18. The fourth-order valence-electron chi connectivity index (χ4n) is 2.88. The van der Waals surface area contributed by atoms with Gasteiger partial charge in [0.05, 0.1) is 15.7 Å². The summed E-state index contributed by atoms with van der Waals surface area (Å²) in [6.45, 7) is 6.31. The van der Waals surface area contributed by atoms with E-state index >= 15 is 0 Å². The third kappa shape index (κ3) is 4.05. The zero-order chi connectivity index (χ0) is 17.8. The number of benzene rings is 3. The molecule has 0 bridgehead atoms. The highest BCUT2D eigenvalue weighted by molar-refractivity contribution is 8.00. The molecule has 3 aromatic carbocycles. The van der Waals surface area contributed by atoms with E-state index in [1.807, 2.05) is 43.3 Å². The van der Waals surface area contributed by atoms with E-state index in [1.165, 1.54) is 11.1 Å². The molecular weight excluding hydrogens is 344 g/mol. The highest BCUT2D eigenvalue weighted by Crippen LogP contribution is 2.34. The second-order valence-electron chi connectivity index (χ2n) is 6.03. The van der Waals surface area contributed by atoms with Crippen LogP contribution in [0.25, 0.3) is 0 Å². The van der Waals surface area contributed by atoms with Gasteiger partial charge in [-0.3, -0.25) is 0 Å². The third-order valence-electron chi connectivity index (χ3n) is 4.23. The summed E-state index contributed by atoms with van der Waals surface area (Å²) >= 11 is 1.66. The zero-order valence-electron chi connectivity index (χ0n) is 14.8. The minimum atomic E-state index is -1.18. The Hall–Kier alpha value is -1.84. The Kier molecular flexibility index (Phi) is 5.77. The number of rotatable bonds is 5. The molecule has 0 heterocycles. The van der Waals surface area contributed by atoms with Crippen molar-refractivity contribution in [1.82, 2.24) is 0 Å². The molecule has 3 heteroatoms. The molecular formula is C22H22OS2. The molecule has 25 heavy (non-hydrogen) atoms. The van der Waals surface area contributed by atoms with Gasteiger partial charge in [-0.25, -0.2) is 4.21 Å². The van der Waals surface area contributed by atoms with Crippen molar-refractivity contribution in [2.45, 2.75) is 46.8 Å². The lowest BCUT2D eigenvalue weighted by Gasteiger charge is -2.13. The van der Waals surface area contributed by atoms with Gasteiger partial charge in [0.25, 0.3) is 0 Å². The summed E-state index contributed by atoms with van der Waals surface area (Å²) in [6.07, 6.45) is 0.955.